The van der Waals surface area contributed by atoms with Gasteiger partial charge in [0.1, 0.15) is 43.4 Å². The number of piperidine rings is 1. The van der Waals surface area contributed by atoms with Gasteiger partial charge in [-0.25, -0.2) is 9.59 Å². The van der Waals surface area contributed by atoms with Gasteiger partial charge >= 0.3 is 12.1 Å². The number of rotatable bonds is 3. The van der Waals surface area contributed by atoms with Crippen LogP contribution in [0.5, 0.6) is 0 Å². The van der Waals surface area contributed by atoms with Crippen LogP contribution in [0.15, 0.2) is 30.3 Å². The molecule has 2 N–H and O–H groups in total. The van der Waals surface area contributed by atoms with Gasteiger partial charge in [-0.15, -0.1) is 0 Å². The number of fused-ring (bicyclic) bond motifs is 3. The van der Waals surface area contributed by atoms with Crippen molar-refractivity contribution in [3.63, 3.8) is 0 Å². The highest BCUT2D eigenvalue weighted by atomic mass is 16.6. The topological polar surface area (TPSA) is 155 Å². The largest absolute Gasteiger partial charge is 0.461 e. The number of hydrogen-bond acceptors (Lipinski definition) is 8. The first-order valence-electron chi connectivity index (χ1n) is 15.5. The molecule has 0 radical (unpaired) electrons. The number of hydrogen-bond donors (Lipinski definition) is 2. The first-order chi connectivity index (χ1) is 21.1. The Balaban J connectivity index is 1.42. The van der Waals surface area contributed by atoms with E-state index in [0.717, 1.165) is 12.0 Å². The van der Waals surface area contributed by atoms with Gasteiger partial charge in [0, 0.05) is 19.6 Å². The zero-order chi connectivity index (χ0) is 31.4. The van der Waals surface area contributed by atoms with E-state index in [1.807, 2.05) is 13.0 Å². The fraction of sp³-hybridized carbons (Fsp3) is 0.613. The average Bonchev–Trinajstić information content (AvgIpc) is 3.68. The lowest BCUT2D eigenvalue weighted by Gasteiger charge is -2.39. The summed E-state index contributed by atoms with van der Waals surface area (Å²) in [5.74, 6) is -2.51. The molecule has 1 unspecified atom stereocenters. The van der Waals surface area contributed by atoms with Crippen molar-refractivity contribution >= 4 is 35.7 Å². The van der Waals surface area contributed by atoms with Crippen LogP contribution in [-0.4, -0.2) is 107 Å². The van der Waals surface area contributed by atoms with Crippen LogP contribution in [0.4, 0.5) is 4.79 Å². The number of carbonyl (C=O) groups excluding carboxylic acids is 6. The quantitative estimate of drug-likeness (QED) is 0.479. The molecule has 4 heterocycles. The lowest BCUT2D eigenvalue weighted by atomic mass is 9.99. The first kappa shape index (κ1) is 31.3. The Labute approximate surface area is 256 Å². The van der Waals surface area contributed by atoms with E-state index < -0.39 is 66.6 Å². The predicted octanol–water partition coefficient (Wildman–Crippen LogP) is 0.952. The van der Waals surface area contributed by atoms with E-state index in [1.165, 1.54) is 14.7 Å². The number of nitrogens with one attached hydrogen (secondary N) is 2. The van der Waals surface area contributed by atoms with Crippen molar-refractivity contribution in [2.45, 2.75) is 89.2 Å². The molecule has 1 aromatic carbocycles. The maximum absolute atomic E-state index is 13.9. The molecule has 13 nitrogen and oxygen atoms in total. The summed E-state index contributed by atoms with van der Waals surface area (Å²) in [6.07, 6.45) is 2.31. The maximum Gasteiger partial charge on any atom is 0.408 e. The Morgan fingerprint density at radius 3 is 2.36 bits per heavy atom. The summed E-state index contributed by atoms with van der Waals surface area (Å²) in [6, 6.07) is 4.25. The second-order valence-corrected chi connectivity index (χ2v) is 12.2. The van der Waals surface area contributed by atoms with Crippen LogP contribution in [0.2, 0.25) is 0 Å². The summed E-state index contributed by atoms with van der Waals surface area (Å²) in [7, 11) is 0. The SMILES string of the molecule is C[C@@H]1C[C@H]2C(=O)OCC(NC(=O)OCc3ccccc3)C(=O)N3CCC[C@H]3C(=O)N3CCCC[C@H]3C(=O)N[C@@H](C)C(=O)N2C1. The molecule has 0 aromatic heterocycles. The predicted molar refractivity (Wildman–Crippen MR) is 155 cm³/mol. The molecule has 0 spiro atoms. The molecule has 4 saturated heterocycles. The molecule has 4 aliphatic heterocycles. The summed E-state index contributed by atoms with van der Waals surface area (Å²) in [6.45, 7) is 3.87. The van der Waals surface area contributed by atoms with Gasteiger partial charge in [0.25, 0.3) is 0 Å². The third kappa shape index (κ3) is 6.81. The lowest BCUT2D eigenvalue weighted by Crippen LogP contribution is -2.61. The van der Waals surface area contributed by atoms with E-state index in [0.29, 0.717) is 45.2 Å². The van der Waals surface area contributed by atoms with Crippen LogP contribution in [-0.2, 0) is 40.1 Å². The van der Waals surface area contributed by atoms with Crippen molar-refractivity contribution in [2.24, 2.45) is 5.92 Å². The van der Waals surface area contributed by atoms with E-state index in [9.17, 15) is 28.8 Å². The molecule has 0 aliphatic carbocycles. The number of carbonyl (C=O) groups is 6. The Hall–Kier alpha value is -4.16. The van der Waals surface area contributed by atoms with E-state index in [2.05, 4.69) is 10.6 Å². The number of ether oxygens (including phenoxy) is 2. The van der Waals surface area contributed by atoms with Crippen LogP contribution < -0.4 is 10.6 Å². The van der Waals surface area contributed by atoms with E-state index >= 15 is 0 Å². The van der Waals surface area contributed by atoms with Gasteiger partial charge in [-0.05, 0) is 56.9 Å². The minimum atomic E-state index is -1.33. The molecular weight excluding hydrogens is 570 g/mol. The number of amides is 5. The maximum atomic E-state index is 13.9. The standard InChI is InChI=1S/C31H41N5O8/c1-19-15-25-30(41)43-18-22(33-31(42)44-17-21-9-4-3-5-10-21)28(39)35-14-8-12-24(35)29(40)34-13-7-6-11-23(34)26(37)32-20(2)27(38)36(25)16-19/h3-5,9-10,19-20,22-25H,6-8,11-18H2,1-2H3,(H,32,37)(H,33,42)/t19-,20+,22?,23+,24+,25+/m1/s1. The summed E-state index contributed by atoms with van der Waals surface area (Å²) in [4.78, 5) is 85.3. The summed E-state index contributed by atoms with van der Waals surface area (Å²) < 4.78 is 10.9. The molecule has 13 heteroatoms. The highest BCUT2D eigenvalue weighted by Crippen LogP contribution is 2.27. The van der Waals surface area contributed by atoms with Crippen molar-refractivity contribution in [3.8, 4) is 0 Å². The Kier molecular flexibility index (Phi) is 9.70. The normalized spacial score (nSPS) is 30.2. The number of benzene rings is 1. The van der Waals surface area contributed by atoms with Gasteiger partial charge in [0.2, 0.25) is 23.6 Å². The average molecular weight is 612 g/mol. The van der Waals surface area contributed by atoms with Crippen LogP contribution in [0.25, 0.3) is 0 Å². The van der Waals surface area contributed by atoms with E-state index in [4.69, 9.17) is 9.47 Å². The zero-order valence-electron chi connectivity index (χ0n) is 25.2. The Morgan fingerprint density at radius 1 is 0.886 bits per heavy atom. The Morgan fingerprint density at radius 2 is 1.59 bits per heavy atom. The molecule has 0 saturated carbocycles. The first-order valence-corrected chi connectivity index (χ1v) is 15.5. The third-order valence-corrected chi connectivity index (χ3v) is 8.90. The van der Waals surface area contributed by atoms with Gasteiger partial charge in [-0.2, -0.15) is 0 Å². The zero-order valence-corrected chi connectivity index (χ0v) is 25.2. The number of nitrogens with zero attached hydrogens (tertiary/aromatic N) is 3. The molecular formula is C31H41N5O8. The van der Waals surface area contributed by atoms with Gasteiger partial charge in [0.05, 0.1) is 0 Å². The molecule has 4 fully saturated rings. The monoisotopic (exact) mass is 611 g/mol. The molecule has 5 rings (SSSR count). The summed E-state index contributed by atoms with van der Waals surface area (Å²) >= 11 is 0. The van der Waals surface area contributed by atoms with Crippen LogP contribution in [0.3, 0.4) is 0 Å². The minimum Gasteiger partial charge on any atom is -0.461 e. The highest BCUT2D eigenvalue weighted by molar-refractivity contribution is 5.96. The van der Waals surface area contributed by atoms with Crippen molar-refractivity contribution < 1.29 is 38.2 Å². The van der Waals surface area contributed by atoms with Crippen LogP contribution >= 0.6 is 0 Å². The summed E-state index contributed by atoms with van der Waals surface area (Å²) in [5.41, 5.74) is 0.748. The van der Waals surface area contributed by atoms with Crippen molar-refractivity contribution in [3.05, 3.63) is 35.9 Å². The fourth-order valence-electron chi connectivity index (χ4n) is 6.62. The minimum absolute atomic E-state index is 0.00168. The molecule has 1 aromatic rings. The second-order valence-electron chi connectivity index (χ2n) is 12.2. The van der Waals surface area contributed by atoms with E-state index in [1.54, 1.807) is 31.2 Å². The van der Waals surface area contributed by atoms with Crippen LogP contribution in [0, 0.1) is 5.92 Å². The molecule has 238 valence electrons. The number of alkyl carbamates (subject to hydrolysis) is 1. The molecule has 0 bridgehead atoms. The van der Waals surface area contributed by atoms with Gasteiger partial charge in [-0.1, -0.05) is 37.3 Å². The van der Waals surface area contributed by atoms with E-state index in [-0.39, 0.29) is 25.0 Å². The lowest BCUT2D eigenvalue weighted by molar-refractivity contribution is -0.157. The fourth-order valence-corrected chi connectivity index (χ4v) is 6.62. The summed E-state index contributed by atoms with van der Waals surface area (Å²) in [5, 5.41) is 5.31. The Bertz CT molecular complexity index is 1270. The number of cyclic esters (lactones) is 1. The molecule has 6 atom stereocenters. The van der Waals surface area contributed by atoms with Gasteiger partial charge in [-0.3, -0.25) is 19.2 Å². The molecule has 44 heavy (non-hydrogen) atoms. The van der Waals surface area contributed by atoms with Gasteiger partial charge < -0.3 is 34.8 Å². The smallest absolute Gasteiger partial charge is 0.408 e. The van der Waals surface area contributed by atoms with Crippen molar-refractivity contribution in [2.75, 3.05) is 26.2 Å². The third-order valence-electron chi connectivity index (χ3n) is 8.90. The second kappa shape index (κ2) is 13.6. The highest BCUT2D eigenvalue weighted by Gasteiger charge is 2.45. The number of esters is 1. The van der Waals surface area contributed by atoms with Crippen molar-refractivity contribution in [1.82, 2.24) is 25.3 Å². The molecule has 5 amide bonds. The van der Waals surface area contributed by atoms with Gasteiger partial charge in [0.15, 0.2) is 0 Å². The van der Waals surface area contributed by atoms with Crippen LogP contribution in [0.1, 0.15) is 57.9 Å². The molecule has 4 aliphatic rings. The van der Waals surface area contributed by atoms with Crippen molar-refractivity contribution in [1.29, 1.82) is 0 Å².